The van der Waals surface area contributed by atoms with Gasteiger partial charge in [0.15, 0.2) is 0 Å². The molecule has 0 aliphatic carbocycles. The Morgan fingerprint density at radius 2 is 2.30 bits per heavy atom. The Labute approximate surface area is 77.9 Å². The summed E-state index contributed by atoms with van der Waals surface area (Å²) in [4.78, 5) is 4.01. The number of nitrogens with zero attached hydrogens (tertiary/aromatic N) is 1. The zero-order valence-electron chi connectivity index (χ0n) is 5.36. The van der Waals surface area contributed by atoms with Crippen LogP contribution in [0, 0.1) is 10.5 Å². The molecule has 4 heteroatoms. The number of nitrogens with two attached hydrogens (primary N) is 1. The van der Waals surface area contributed by atoms with Crippen LogP contribution in [0.25, 0.3) is 0 Å². The standard InChI is InChI=1S/C6H6ClIN2/c1-3-2-4(9)5(8)6(7)10-3/h2H,1H3,(H2,9,10). The number of nitrogen functional groups attached to an aromatic ring is 1. The van der Waals surface area contributed by atoms with Crippen molar-refractivity contribution < 1.29 is 0 Å². The molecule has 0 fully saturated rings. The molecule has 0 amide bonds. The molecule has 0 aromatic carbocycles. The summed E-state index contributed by atoms with van der Waals surface area (Å²) >= 11 is 7.79. The van der Waals surface area contributed by atoms with E-state index in [0.29, 0.717) is 10.8 Å². The van der Waals surface area contributed by atoms with Gasteiger partial charge in [-0.2, -0.15) is 0 Å². The van der Waals surface area contributed by atoms with Crippen molar-refractivity contribution in [3.8, 4) is 0 Å². The van der Waals surface area contributed by atoms with Crippen molar-refractivity contribution >= 4 is 39.9 Å². The smallest absolute Gasteiger partial charge is 0.144 e. The second kappa shape index (κ2) is 2.92. The van der Waals surface area contributed by atoms with Gasteiger partial charge in [0.05, 0.1) is 3.57 Å². The van der Waals surface area contributed by atoms with E-state index >= 15 is 0 Å². The lowest BCUT2D eigenvalue weighted by atomic mass is 10.3. The topological polar surface area (TPSA) is 38.9 Å². The highest BCUT2D eigenvalue weighted by Gasteiger charge is 2.02. The molecule has 0 aliphatic heterocycles. The quantitative estimate of drug-likeness (QED) is 0.579. The molecule has 1 aromatic rings. The van der Waals surface area contributed by atoms with E-state index in [9.17, 15) is 0 Å². The van der Waals surface area contributed by atoms with Crippen LogP contribution in [-0.4, -0.2) is 4.98 Å². The van der Waals surface area contributed by atoms with Crippen LogP contribution in [0.5, 0.6) is 0 Å². The van der Waals surface area contributed by atoms with E-state index in [4.69, 9.17) is 17.3 Å². The molecule has 0 saturated carbocycles. The zero-order chi connectivity index (χ0) is 7.72. The van der Waals surface area contributed by atoms with Gasteiger partial charge in [-0.25, -0.2) is 4.98 Å². The molecule has 2 N–H and O–H groups in total. The monoisotopic (exact) mass is 268 g/mol. The van der Waals surface area contributed by atoms with E-state index in [-0.39, 0.29) is 0 Å². The maximum Gasteiger partial charge on any atom is 0.144 e. The zero-order valence-corrected chi connectivity index (χ0v) is 8.27. The van der Waals surface area contributed by atoms with Crippen LogP contribution in [0.15, 0.2) is 6.07 Å². The van der Waals surface area contributed by atoms with Crippen LogP contribution in [0.1, 0.15) is 5.69 Å². The summed E-state index contributed by atoms with van der Waals surface area (Å²) in [5.41, 5.74) is 7.13. The van der Waals surface area contributed by atoms with Crippen LogP contribution in [0.4, 0.5) is 5.69 Å². The number of halogens is 2. The lowest BCUT2D eigenvalue weighted by molar-refractivity contribution is 1.19. The maximum absolute atomic E-state index is 5.72. The first kappa shape index (κ1) is 8.07. The van der Waals surface area contributed by atoms with Gasteiger partial charge in [-0.05, 0) is 35.6 Å². The fourth-order valence-corrected chi connectivity index (χ4v) is 1.16. The van der Waals surface area contributed by atoms with E-state index in [1.807, 2.05) is 6.92 Å². The number of hydrogen-bond donors (Lipinski definition) is 1. The Morgan fingerprint density at radius 1 is 1.70 bits per heavy atom. The van der Waals surface area contributed by atoms with Gasteiger partial charge >= 0.3 is 0 Å². The Bertz CT molecular complexity index is 239. The van der Waals surface area contributed by atoms with Crippen molar-refractivity contribution in [1.82, 2.24) is 4.98 Å². The Morgan fingerprint density at radius 3 is 2.80 bits per heavy atom. The third kappa shape index (κ3) is 1.52. The van der Waals surface area contributed by atoms with Crippen LogP contribution in [-0.2, 0) is 0 Å². The maximum atomic E-state index is 5.72. The fourth-order valence-electron chi connectivity index (χ4n) is 0.644. The van der Waals surface area contributed by atoms with Crippen LogP contribution in [0.3, 0.4) is 0 Å². The summed E-state index contributed by atoms with van der Waals surface area (Å²) < 4.78 is 0.824. The van der Waals surface area contributed by atoms with E-state index in [1.165, 1.54) is 0 Å². The molecule has 2 nitrogen and oxygen atoms in total. The molecular formula is C6H6ClIN2. The van der Waals surface area contributed by atoms with Gasteiger partial charge in [-0.15, -0.1) is 0 Å². The Hall–Kier alpha value is -0.0300. The highest BCUT2D eigenvalue weighted by atomic mass is 127. The van der Waals surface area contributed by atoms with Crippen LogP contribution < -0.4 is 5.73 Å². The van der Waals surface area contributed by atoms with Crippen molar-refractivity contribution in [2.45, 2.75) is 6.92 Å². The van der Waals surface area contributed by atoms with Gasteiger partial charge in [0.1, 0.15) is 5.15 Å². The number of anilines is 1. The average Bonchev–Trinajstić information content (AvgIpc) is 1.82. The van der Waals surface area contributed by atoms with Crippen molar-refractivity contribution in [2.24, 2.45) is 0 Å². The van der Waals surface area contributed by atoms with Gasteiger partial charge in [0, 0.05) is 11.4 Å². The number of aryl methyl sites for hydroxylation is 1. The predicted octanol–water partition coefficient (Wildman–Crippen LogP) is 2.23. The van der Waals surface area contributed by atoms with Crippen molar-refractivity contribution in [3.63, 3.8) is 0 Å². The summed E-state index contributed by atoms with van der Waals surface area (Å²) in [6, 6.07) is 1.80. The first-order chi connectivity index (χ1) is 4.61. The highest BCUT2D eigenvalue weighted by molar-refractivity contribution is 14.1. The van der Waals surface area contributed by atoms with Gasteiger partial charge in [0.25, 0.3) is 0 Å². The largest absolute Gasteiger partial charge is 0.398 e. The highest BCUT2D eigenvalue weighted by Crippen LogP contribution is 2.22. The molecule has 0 saturated heterocycles. The number of aromatic nitrogens is 1. The van der Waals surface area contributed by atoms with E-state index < -0.39 is 0 Å². The second-order valence-corrected chi connectivity index (χ2v) is 3.39. The number of rotatable bonds is 0. The van der Waals surface area contributed by atoms with E-state index in [1.54, 1.807) is 6.07 Å². The molecule has 1 aromatic heterocycles. The molecule has 0 radical (unpaired) electrons. The molecule has 0 unspecified atom stereocenters. The average molecular weight is 268 g/mol. The summed E-state index contributed by atoms with van der Waals surface area (Å²) in [5, 5.41) is 0.484. The van der Waals surface area contributed by atoms with Crippen LogP contribution in [0.2, 0.25) is 5.15 Å². The van der Waals surface area contributed by atoms with Gasteiger partial charge in [-0.3, -0.25) is 0 Å². The molecule has 1 heterocycles. The molecule has 0 bridgehead atoms. The van der Waals surface area contributed by atoms with Gasteiger partial charge < -0.3 is 5.73 Å². The van der Waals surface area contributed by atoms with E-state index in [2.05, 4.69) is 27.6 Å². The SMILES string of the molecule is Cc1cc(N)c(I)c(Cl)n1. The van der Waals surface area contributed by atoms with Gasteiger partial charge in [-0.1, -0.05) is 11.6 Å². The van der Waals surface area contributed by atoms with Crippen molar-refractivity contribution in [2.75, 3.05) is 5.73 Å². The molecule has 1 rings (SSSR count). The van der Waals surface area contributed by atoms with Gasteiger partial charge in [0.2, 0.25) is 0 Å². The minimum absolute atomic E-state index is 0.484. The van der Waals surface area contributed by atoms with Crippen LogP contribution >= 0.6 is 34.2 Å². The third-order valence-corrected chi connectivity index (χ3v) is 2.80. The molecule has 0 aliphatic rings. The lowest BCUT2D eigenvalue weighted by Gasteiger charge is -2.00. The molecule has 54 valence electrons. The first-order valence-corrected chi connectivity index (χ1v) is 4.15. The molecular weight excluding hydrogens is 262 g/mol. The van der Waals surface area contributed by atoms with Crippen molar-refractivity contribution in [1.29, 1.82) is 0 Å². The normalized spacial score (nSPS) is 9.90. The molecule has 10 heavy (non-hydrogen) atoms. The Kier molecular flexibility index (Phi) is 2.36. The molecule has 0 spiro atoms. The summed E-state index contributed by atoms with van der Waals surface area (Å²) in [6.45, 7) is 1.86. The molecule has 0 atom stereocenters. The summed E-state index contributed by atoms with van der Waals surface area (Å²) in [5.74, 6) is 0. The fraction of sp³-hybridized carbons (Fsp3) is 0.167. The summed E-state index contributed by atoms with van der Waals surface area (Å²) in [7, 11) is 0. The number of hydrogen-bond acceptors (Lipinski definition) is 2. The predicted molar refractivity (Wildman–Crippen MR) is 51.1 cm³/mol. The number of pyridine rings is 1. The Balaban J connectivity index is 3.31. The van der Waals surface area contributed by atoms with Crippen molar-refractivity contribution in [3.05, 3.63) is 20.5 Å². The third-order valence-electron chi connectivity index (χ3n) is 1.07. The lowest BCUT2D eigenvalue weighted by Crippen LogP contribution is -1.93. The summed E-state index contributed by atoms with van der Waals surface area (Å²) in [6.07, 6.45) is 0. The second-order valence-electron chi connectivity index (χ2n) is 1.96. The minimum atomic E-state index is 0.484. The van der Waals surface area contributed by atoms with E-state index in [0.717, 1.165) is 9.26 Å². The first-order valence-electron chi connectivity index (χ1n) is 2.69. The minimum Gasteiger partial charge on any atom is -0.398 e.